The van der Waals surface area contributed by atoms with Crippen molar-refractivity contribution in [1.82, 2.24) is 4.90 Å². The van der Waals surface area contributed by atoms with Crippen LogP contribution in [0.3, 0.4) is 0 Å². The molecule has 2 rings (SSSR count). The van der Waals surface area contributed by atoms with E-state index in [1.54, 1.807) is 0 Å². The highest BCUT2D eigenvalue weighted by molar-refractivity contribution is 5.81. The minimum atomic E-state index is 0.205. The lowest BCUT2D eigenvalue weighted by atomic mass is 9.90. The van der Waals surface area contributed by atoms with E-state index in [4.69, 9.17) is 5.73 Å². The second kappa shape index (κ2) is 3.89. The molecule has 3 heteroatoms. The average molecular weight is 196 g/mol. The van der Waals surface area contributed by atoms with Crippen molar-refractivity contribution in [2.45, 2.75) is 38.6 Å². The van der Waals surface area contributed by atoms with Crippen molar-refractivity contribution in [2.75, 3.05) is 13.1 Å². The van der Waals surface area contributed by atoms with Gasteiger partial charge in [-0.3, -0.25) is 4.79 Å². The fourth-order valence-electron chi connectivity index (χ4n) is 2.33. The van der Waals surface area contributed by atoms with Crippen LogP contribution >= 0.6 is 0 Å². The third-order valence-corrected chi connectivity index (χ3v) is 3.57. The predicted molar refractivity (Wildman–Crippen MR) is 55.7 cm³/mol. The number of piperidine rings is 1. The van der Waals surface area contributed by atoms with Gasteiger partial charge in [-0.25, -0.2) is 0 Å². The van der Waals surface area contributed by atoms with E-state index in [9.17, 15) is 4.79 Å². The van der Waals surface area contributed by atoms with E-state index >= 15 is 0 Å². The monoisotopic (exact) mass is 196 g/mol. The molecule has 0 aromatic heterocycles. The number of likely N-dealkylation sites (tertiary alicyclic amines) is 1. The summed E-state index contributed by atoms with van der Waals surface area (Å²) in [4.78, 5) is 13.8. The maximum Gasteiger partial charge on any atom is 0.225 e. The highest BCUT2D eigenvalue weighted by Crippen LogP contribution is 2.32. The van der Waals surface area contributed by atoms with Crippen LogP contribution in [0.1, 0.15) is 32.6 Å². The Morgan fingerprint density at radius 3 is 2.64 bits per heavy atom. The van der Waals surface area contributed by atoms with E-state index in [2.05, 4.69) is 6.92 Å². The van der Waals surface area contributed by atoms with Crippen molar-refractivity contribution >= 4 is 5.91 Å². The van der Waals surface area contributed by atoms with E-state index in [0.717, 1.165) is 38.8 Å². The van der Waals surface area contributed by atoms with Gasteiger partial charge in [-0.05, 0) is 25.2 Å². The van der Waals surface area contributed by atoms with Gasteiger partial charge >= 0.3 is 0 Å². The Morgan fingerprint density at radius 1 is 1.43 bits per heavy atom. The third-order valence-electron chi connectivity index (χ3n) is 3.57. The van der Waals surface area contributed by atoms with Crippen LogP contribution in [0.15, 0.2) is 0 Å². The molecule has 1 amide bonds. The summed E-state index contributed by atoms with van der Waals surface area (Å²) in [5.41, 5.74) is 6.04. The zero-order valence-electron chi connectivity index (χ0n) is 8.91. The molecule has 0 radical (unpaired) electrons. The molecule has 14 heavy (non-hydrogen) atoms. The molecule has 1 saturated heterocycles. The second-order valence-electron chi connectivity index (χ2n) is 4.68. The maximum atomic E-state index is 11.8. The zero-order chi connectivity index (χ0) is 10.1. The predicted octanol–water partition coefficient (Wildman–Crippen LogP) is 0.982. The summed E-state index contributed by atoms with van der Waals surface area (Å²) in [5, 5.41) is 0. The van der Waals surface area contributed by atoms with Gasteiger partial charge in [0.1, 0.15) is 0 Å². The number of amides is 1. The van der Waals surface area contributed by atoms with Crippen LogP contribution in [0.2, 0.25) is 0 Å². The normalized spacial score (nSPS) is 33.1. The van der Waals surface area contributed by atoms with Crippen molar-refractivity contribution < 1.29 is 4.79 Å². The molecule has 1 heterocycles. The lowest BCUT2D eigenvalue weighted by Gasteiger charge is -2.36. The molecule has 2 atom stereocenters. The molecule has 1 aliphatic carbocycles. The van der Waals surface area contributed by atoms with Crippen molar-refractivity contribution in [3.05, 3.63) is 0 Å². The smallest absolute Gasteiger partial charge is 0.225 e. The Balaban J connectivity index is 1.88. The lowest BCUT2D eigenvalue weighted by Crippen LogP contribution is -2.50. The number of nitrogens with zero attached hydrogens (tertiary/aromatic N) is 1. The number of rotatable bonds is 2. The van der Waals surface area contributed by atoms with Crippen LogP contribution in [0.5, 0.6) is 0 Å². The molecule has 2 fully saturated rings. The van der Waals surface area contributed by atoms with E-state index in [1.807, 2.05) is 4.90 Å². The van der Waals surface area contributed by atoms with Crippen LogP contribution in [-0.4, -0.2) is 29.9 Å². The van der Waals surface area contributed by atoms with Gasteiger partial charge in [0.05, 0.1) is 0 Å². The highest BCUT2D eigenvalue weighted by atomic mass is 16.2. The second-order valence-corrected chi connectivity index (χ2v) is 4.68. The molecule has 2 aliphatic rings. The Hall–Kier alpha value is -0.570. The van der Waals surface area contributed by atoms with Crippen LogP contribution < -0.4 is 5.73 Å². The van der Waals surface area contributed by atoms with Crippen molar-refractivity contribution in [1.29, 1.82) is 0 Å². The van der Waals surface area contributed by atoms with E-state index in [-0.39, 0.29) is 6.04 Å². The van der Waals surface area contributed by atoms with Crippen molar-refractivity contribution in [3.63, 3.8) is 0 Å². The van der Waals surface area contributed by atoms with Crippen LogP contribution in [0, 0.1) is 11.8 Å². The molecule has 80 valence electrons. The van der Waals surface area contributed by atoms with Gasteiger partial charge in [0.2, 0.25) is 5.91 Å². The average Bonchev–Trinajstić information content (AvgIpc) is 3.00. The third kappa shape index (κ3) is 1.92. The molecule has 0 aromatic rings. The Labute approximate surface area is 85.6 Å². The first-order valence-corrected chi connectivity index (χ1v) is 5.76. The number of carbonyl (C=O) groups excluding carboxylic acids is 1. The number of carbonyl (C=O) groups is 1. The van der Waals surface area contributed by atoms with Gasteiger partial charge in [0, 0.05) is 25.0 Å². The molecule has 1 saturated carbocycles. The van der Waals surface area contributed by atoms with E-state index in [0.29, 0.717) is 17.7 Å². The summed E-state index contributed by atoms with van der Waals surface area (Å²) in [6.07, 6.45) is 4.44. The largest absolute Gasteiger partial charge is 0.341 e. The zero-order valence-corrected chi connectivity index (χ0v) is 8.91. The standard InChI is InChI=1S/C11H20N2O/c1-2-8-5-6-13(7-10(8)12)11(14)9-3-4-9/h8-10H,2-7,12H2,1H3. The molecular weight excluding hydrogens is 176 g/mol. The molecular formula is C11H20N2O. The maximum absolute atomic E-state index is 11.8. The van der Waals surface area contributed by atoms with Crippen LogP contribution in [0.4, 0.5) is 0 Å². The van der Waals surface area contributed by atoms with Gasteiger partial charge in [0.15, 0.2) is 0 Å². The molecule has 3 nitrogen and oxygen atoms in total. The Morgan fingerprint density at radius 2 is 2.14 bits per heavy atom. The van der Waals surface area contributed by atoms with E-state index < -0.39 is 0 Å². The first-order valence-electron chi connectivity index (χ1n) is 5.76. The number of nitrogens with two attached hydrogens (primary N) is 1. The van der Waals surface area contributed by atoms with Crippen molar-refractivity contribution in [2.24, 2.45) is 17.6 Å². The summed E-state index contributed by atoms with van der Waals surface area (Å²) < 4.78 is 0. The minimum absolute atomic E-state index is 0.205. The van der Waals surface area contributed by atoms with Gasteiger partial charge in [0.25, 0.3) is 0 Å². The highest BCUT2D eigenvalue weighted by Gasteiger charge is 2.36. The van der Waals surface area contributed by atoms with Gasteiger partial charge in [-0.1, -0.05) is 13.3 Å². The van der Waals surface area contributed by atoms with Gasteiger partial charge in [-0.15, -0.1) is 0 Å². The lowest BCUT2D eigenvalue weighted by molar-refractivity contribution is -0.134. The molecule has 0 spiro atoms. The summed E-state index contributed by atoms with van der Waals surface area (Å²) in [5.74, 6) is 1.33. The molecule has 0 aromatic carbocycles. The van der Waals surface area contributed by atoms with Gasteiger partial charge < -0.3 is 10.6 Å². The quantitative estimate of drug-likeness (QED) is 0.715. The summed E-state index contributed by atoms with van der Waals surface area (Å²) in [6, 6.07) is 0.205. The summed E-state index contributed by atoms with van der Waals surface area (Å²) >= 11 is 0. The first-order chi connectivity index (χ1) is 6.72. The minimum Gasteiger partial charge on any atom is -0.341 e. The SMILES string of the molecule is CCC1CCN(C(=O)C2CC2)CC1N. The number of hydrogen-bond donors (Lipinski definition) is 1. The summed E-state index contributed by atoms with van der Waals surface area (Å²) in [7, 11) is 0. The van der Waals surface area contributed by atoms with E-state index in [1.165, 1.54) is 0 Å². The first kappa shape index (κ1) is 9.97. The van der Waals surface area contributed by atoms with Crippen molar-refractivity contribution in [3.8, 4) is 0 Å². The molecule has 2 unspecified atom stereocenters. The molecule has 2 N–H and O–H groups in total. The number of hydrogen-bond acceptors (Lipinski definition) is 2. The Kier molecular flexibility index (Phi) is 2.77. The van der Waals surface area contributed by atoms with Crippen LogP contribution in [0.25, 0.3) is 0 Å². The fraction of sp³-hybridized carbons (Fsp3) is 0.909. The van der Waals surface area contributed by atoms with Crippen LogP contribution in [-0.2, 0) is 4.79 Å². The van der Waals surface area contributed by atoms with Gasteiger partial charge in [-0.2, -0.15) is 0 Å². The Bertz CT molecular complexity index is 225. The fourth-order valence-corrected chi connectivity index (χ4v) is 2.33. The molecule has 0 bridgehead atoms. The topological polar surface area (TPSA) is 46.3 Å². The molecule has 1 aliphatic heterocycles. The summed E-state index contributed by atoms with van der Waals surface area (Å²) in [6.45, 7) is 3.90.